The number of carbonyl (C=O) groups is 1. The Labute approximate surface area is 241 Å². The molecule has 1 aliphatic rings. The molecular weight excluding hydrogens is 545 g/mol. The number of nitrogens with two attached hydrogens (primary N) is 1. The lowest BCUT2D eigenvalue weighted by atomic mass is 9.87. The van der Waals surface area contributed by atoms with Gasteiger partial charge in [-0.3, -0.25) is 9.32 Å². The third-order valence-electron chi connectivity index (χ3n) is 7.05. The molecule has 1 saturated carbocycles. The highest BCUT2D eigenvalue weighted by Crippen LogP contribution is 2.45. The molecule has 2 heterocycles. The van der Waals surface area contributed by atoms with E-state index >= 15 is 0 Å². The van der Waals surface area contributed by atoms with Crippen molar-refractivity contribution in [3.63, 3.8) is 0 Å². The third-order valence-corrected chi connectivity index (χ3v) is 8.60. The normalized spacial score (nSPS) is 16.2. The minimum atomic E-state index is -3.87. The van der Waals surface area contributed by atoms with Crippen molar-refractivity contribution in [2.75, 3.05) is 25.5 Å². The number of aryl methyl sites for hydroxylation is 1. The van der Waals surface area contributed by atoms with Crippen molar-refractivity contribution in [1.82, 2.24) is 19.7 Å². The fourth-order valence-corrected chi connectivity index (χ4v) is 5.78. The summed E-state index contributed by atoms with van der Waals surface area (Å²) in [7, 11) is -3.87. The highest BCUT2D eigenvalue weighted by Gasteiger charge is 2.29. The molecule has 2 atom stereocenters. The first-order valence-electron chi connectivity index (χ1n) is 14.2. The summed E-state index contributed by atoms with van der Waals surface area (Å²) >= 11 is 0. The van der Waals surface area contributed by atoms with E-state index in [9.17, 15) is 9.36 Å². The number of rotatable bonds is 15. The van der Waals surface area contributed by atoms with E-state index in [-0.39, 0.29) is 43.2 Å². The van der Waals surface area contributed by atoms with E-state index < -0.39 is 7.75 Å². The van der Waals surface area contributed by atoms with Gasteiger partial charge < -0.3 is 19.7 Å². The monoisotopic (exact) mass is 587 g/mol. The molecule has 0 aliphatic heterocycles. The lowest BCUT2D eigenvalue weighted by molar-refractivity contribution is -0.152. The number of hydrogen-bond acceptors (Lipinski definition) is 9. The van der Waals surface area contributed by atoms with E-state index in [1.807, 2.05) is 31.2 Å². The van der Waals surface area contributed by atoms with Crippen LogP contribution >= 0.6 is 7.75 Å². The van der Waals surface area contributed by atoms with Gasteiger partial charge in [-0.05, 0) is 74.3 Å². The van der Waals surface area contributed by atoms with E-state index in [0.29, 0.717) is 31.0 Å². The van der Waals surface area contributed by atoms with Crippen molar-refractivity contribution < 1.29 is 27.9 Å². The molecule has 0 radical (unpaired) electrons. The maximum absolute atomic E-state index is 13.9. The standard InChI is InChI=1S/C29H42N5O6P/c1-5-37-25(15-11-22-12-16-26-28(30)31-20-32-34(22)26)19-38-41(36,33-18-17-27(35)39-23-7-6-8-23)40-24-13-9-21(10-14-24)29(2,3)4/h9-10,12-14,16,20,23,25H,5-8,11,15,17-19H2,1-4H3,(H,33,36)(H2,30,31,32). The Balaban J connectivity index is 1.40. The van der Waals surface area contributed by atoms with Crippen molar-refractivity contribution in [2.24, 2.45) is 0 Å². The van der Waals surface area contributed by atoms with Crippen molar-refractivity contribution >= 4 is 25.1 Å². The highest BCUT2D eigenvalue weighted by atomic mass is 31.2. The molecule has 0 spiro atoms. The van der Waals surface area contributed by atoms with Gasteiger partial charge in [0, 0.05) is 18.8 Å². The van der Waals surface area contributed by atoms with Gasteiger partial charge in [-0.1, -0.05) is 32.9 Å². The second-order valence-corrected chi connectivity index (χ2v) is 13.0. The maximum atomic E-state index is 13.9. The summed E-state index contributed by atoms with van der Waals surface area (Å²) in [6, 6.07) is 11.3. The van der Waals surface area contributed by atoms with Crippen LogP contribution in [0.1, 0.15) is 71.1 Å². The number of aromatic nitrogens is 3. The summed E-state index contributed by atoms with van der Waals surface area (Å²) in [5, 5.41) is 7.14. The molecule has 41 heavy (non-hydrogen) atoms. The van der Waals surface area contributed by atoms with Crippen LogP contribution in [-0.2, 0) is 35.2 Å². The van der Waals surface area contributed by atoms with Gasteiger partial charge in [-0.2, -0.15) is 5.10 Å². The van der Waals surface area contributed by atoms with Gasteiger partial charge in [0.1, 0.15) is 23.7 Å². The fraction of sp³-hybridized carbons (Fsp3) is 0.552. The van der Waals surface area contributed by atoms with Crippen LogP contribution < -0.4 is 15.3 Å². The van der Waals surface area contributed by atoms with Crippen LogP contribution in [0.3, 0.4) is 0 Å². The Kier molecular flexibility index (Phi) is 10.4. The first kappa shape index (κ1) is 31.0. The first-order valence-corrected chi connectivity index (χ1v) is 15.8. The van der Waals surface area contributed by atoms with E-state index in [0.717, 1.165) is 36.0 Å². The molecule has 0 saturated heterocycles. The molecule has 0 amide bonds. The molecule has 3 aromatic rings. The zero-order chi connectivity index (χ0) is 29.5. The number of ether oxygens (including phenoxy) is 2. The molecule has 1 fully saturated rings. The molecule has 2 unspecified atom stereocenters. The molecule has 0 bridgehead atoms. The molecule has 2 aromatic heterocycles. The Bertz CT molecular complexity index is 1340. The lowest BCUT2D eigenvalue weighted by Gasteiger charge is -2.26. The molecular formula is C29H42N5O6P. The van der Waals surface area contributed by atoms with Crippen LogP contribution in [0.25, 0.3) is 5.52 Å². The molecule has 1 aliphatic carbocycles. The van der Waals surface area contributed by atoms with Crippen molar-refractivity contribution in [3.05, 3.63) is 54.0 Å². The van der Waals surface area contributed by atoms with Gasteiger partial charge >= 0.3 is 13.7 Å². The largest absolute Gasteiger partial charge is 0.462 e. The molecule has 1 aromatic carbocycles. The van der Waals surface area contributed by atoms with E-state index in [1.54, 1.807) is 16.6 Å². The van der Waals surface area contributed by atoms with Gasteiger partial charge in [-0.15, -0.1) is 0 Å². The molecule has 224 valence electrons. The topological polar surface area (TPSA) is 139 Å². The highest BCUT2D eigenvalue weighted by molar-refractivity contribution is 7.52. The smallest absolute Gasteiger partial charge is 0.458 e. The Morgan fingerprint density at radius 1 is 1.20 bits per heavy atom. The summed E-state index contributed by atoms with van der Waals surface area (Å²) in [5.74, 6) is 0.474. The van der Waals surface area contributed by atoms with Gasteiger partial charge in [-0.25, -0.2) is 19.2 Å². The summed E-state index contributed by atoms with van der Waals surface area (Å²) < 4.78 is 38.8. The average molecular weight is 588 g/mol. The summed E-state index contributed by atoms with van der Waals surface area (Å²) in [4.78, 5) is 16.2. The van der Waals surface area contributed by atoms with Crippen LogP contribution in [-0.4, -0.2) is 52.5 Å². The summed E-state index contributed by atoms with van der Waals surface area (Å²) in [6.45, 7) is 8.81. The molecule has 11 nitrogen and oxygen atoms in total. The second-order valence-electron chi connectivity index (χ2n) is 11.2. The Morgan fingerprint density at radius 3 is 2.61 bits per heavy atom. The van der Waals surface area contributed by atoms with E-state index in [1.165, 1.54) is 6.33 Å². The SMILES string of the molecule is CCOC(CCc1ccc2c(N)ncnn12)COP(=O)(NCCC(=O)OC1CCC1)Oc1ccc(C(C)(C)C)cc1. The number of hydrogen-bond donors (Lipinski definition) is 2. The van der Waals surface area contributed by atoms with Crippen LogP contribution in [0.2, 0.25) is 0 Å². The van der Waals surface area contributed by atoms with Gasteiger partial charge in [0.05, 0.1) is 19.1 Å². The predicted molar refractivity (Wildman–Crippen MR) is 157 cm³/mol. The average Bonchev–Trinajstić information content (AvgIpc) is 3.32. The number of esters is 1. The van der Waals surface area contributed by atoms with Gasteiger partial charge in [0.25, 0.3) is 0 Å². The predicted octanol–water partition coefficient (Wildman–Crippen LogP) is 5.23. The maximum Gasteiger partial charge on any atom is 0.458 e. The number of fused-ring (bicyclic) bond motifs is 1. The van der Waals surface area contributed by atoms with Crippen LogP contribution in [0.4, 0.5) is 5.82 Å². The van der Waals surface area contributed by atoms with Crippen LogP contribution in [0, 0.1) is 0 Å². The number of anilines is 1. The van der Waals surface area contributed by atoms with Crippen molar-refractivity contribution in [3.8, 4) is 5.75 Å². The van der Waals surface area contributed by atoms with Crippen molar-refractivity contribution in [1.29, 1.82) is 0 Å². The van der Waals surface area contributed by atoms with Crippen molar-refractivity contribution in [2.45, 2.75) is 83.8 Å². The zero-order valence-corrected chi connectivity index (χ0v) is 25.3. The molecule has 4 rings (SSSR count). The zero-order valence-electron chi connectivity index (χ0n) is 24.4. The van der Waals surface area contributed by atoms with Gasteiger partial charge in [0.2, 0.25) is 0 Å². The number of nitrogen functional groups attached to an aromatic ring is 1. The first-order chi connectivity index (χ1) is 19.6. The minimum absolute atomic E-state index is 0.00398. The number of benzene rings is 1. The Hall–Kier alpha value is -2.98. The summed E-state index contributed by atoms with van der Waals surface area (Å²) in [6.07, 6.45) is 5.17. The van der Waals surface area contributed by atoms with E-state index in [2.05, 4.69) is 35.9 Å². The lowest BCUT2D eigenvalue weighted by Crippen LogP contribution is -2.28. The minimum Gasteiger partial charge on any atom is -0.462 e. The van der Waals surface area contributed by atoms with Gasteiger partial charge in [0.15, 0.2) is 5.82 Å². The quantitative estimate of drug-likeness (QED) is 0.180. The van der Waals surface area contributed by atoms with E-state index in [4.69, 9.17) is 24.3 Å². The number of carbonyl (C=O) groups excluding carboxylic acids is 1. The van der Waals surface area contributed by atoms with Crippen LogP contribution in [0.5, 0.6) is 5.75 Å². The second kappa shape index (κ2) is 13.8. The molecule has 12 heteroatoms. The third kappa shape index (κ3) is 8.75. The number of nitrogens with one attached hydrogen (secondary N) is 1. The molecule has 3 N–H and O–H groups in total. The fourth-order valence-electron chi connectivity index (χ4n) is 4.42. The summed E-state index contributed by atoms with van der Waals surface area (Å²) in [5.41, 5.74) is 8.72. The Morgan fingerprint density at radius 2 is 1.95 bits per heavy atom. The number of nitrogens with zero attached hydrogens (tertiary/aromatic N) is 3. The van der Waals surface area contributed by atoms with Crippen LogP contribution in [0.15, 0.2) is 42.7 Å².